The van der Waals surface area contributed by atoms with Crippen LogP contribution in [0.5, 0.6) is 11.5 Å². The number of pyridine rings is 1. The highest BCUT2D eigenvalue weighted by Crippen LogP contribution is 2.34. The molecule has 2 aromatic rings. The maximum absolute atomic E-state index is 12.7. The molecule has 142 valence electrons. The van der Waals surface area contributed by atoms with E-state index in [2.05, 4.69) is 10.3 Å². The first kappa shape index (κ1) is 17.8. The Morgan fingerprint density at radius 2 is 2.00 bits per heavy atom. The number of nitrogens with zero attached hydrogens (tertiary/aromatic N) is 2. The van der Waals surface area contributed by atoms with E-state index < -0.39 is 0 Å². The van der Waals surface area contributed by atoms with E-state index in [1.165, 1.54) is 19.3 Å². The Hall–Kier alpha value is -2.60. The molecular weight excluding hydrogens is 342 g/mol. The molecule has 0 spiro atoms. The molecule has 1 aromatic carbocycles. The molecule has 1 aliphatic heterocycles. The predicted molar refractivity (Wildman–Crippen MR) is 103 cm³/mol. The monoisotopic (exact) mass is 367 g/mol. The van der Waals surface area contributed by atoms with E-state index in [4.69, 9.17) is 9.47 Å². The van der Waals surface area contributed by atoms with Crippen molar-refractivity contribution in [3.8, 4) is 11.5 Å². The number of hydrogen-bond donors (Lipinski definition) is 1. The van der Waals surface area contributed by atoms with Gasteiger partial charge in [0.15, 0.2) is 0 Å². The second kappa shape index (κ2) is 8.39. The summed E-state index contributed by atoms with van der Waals surface area (Å²) in [6.45, 7) is 2.79. The number of anilines is 1. The third-order valence-electron chi connectivity index (χ3n) is 5.37. The number of hydrogen-bond acceptors (Lipinski definition) is 4. The molecule has 2 amide bonds. The van der Waals surface area contributed by atoms with Gasteiger partial charge in [0.05, 0.1) is 19.4 Å². The molecule has 4 rings (SSSR count). The minimum Gasteiger partial charge on any atom is -0.456 e. The van der Waals surface area contributed by atoms with Crippen LogP contribution in [0.3, 0.4) is 0 Å². The van der Waals surface area contributed by atoms with Crippen molar-refractivity contribution in [2.75, 3.05) is 31.6 Å². The molecular formula is C21H25N3O3. The number of rotatable bonds is 4. The molecule has 1 atom stereocenters. The topological polar surface area (TPSA) is 63.7 Å². The van der Waals surface area contributed by atoms with E-state index in [0.717, 1.165) is 18.8 Å². The van der Waals surface area contributed by atoms with Crippen LogP contribution in [0.4, 0.5) is 10.5 Å². The molecule has 1 aliphatic carbocycles. The maximum atomic E-state index is 12.7. The van der Waals surface area contributed by atoms with Crippen LogP contribution < -0.4 is 10.1 Å². The third-order valence-corrected chi connectivity index (χ3v) is 5.37. The Kier molecular flexibility index (Phi) is 5.53. The summed E-state index contributed by atoms with van der Waals surface area (Å²) in [7, 11) is 0. The van der Waals surface area contributed by atoms with Gasteiger partial charge in [0.25, 0.3) is 0 Å². The van der Waals surface area contributed by atoms with Gasteiger partial charge in [0.1, 0.15) is 11.5 Å². The average molecular weight is 367 g/mol. The van der Waals surface area contributed by atoms with Crippen LogP contribution in [0.1, 0.15) is 19.3 Å². The fourth-order valence-electron chi connectivity index (χ4n) is 3.57. The molecule has 1 N–H and O–H groups in total. The van der Waals surface area contributed by atoms with Gasteiger partial charge >= 0.3 is 6.03 Å². The molecule has 1 unspecified atom stereocenters. The zero-order chi connectivity index (χ0) is 18.5. The number of aromatic nitrogens is 1. The van der Waals surface area contributed by atoms with E-state index in [0.29, 0.717) is 36.5 Å². The van der Waals surface area contributed by atoms with Gasteiger partial charge in [0, 0.05) is 30.9 Å². The minimum atomic E-state index is -0.0641. The van der Waals surface area contributed by atoms with Crippen molar-refractivity contribution in [1.82, 2.24) is 9.88 Å². The third kappa shape index (κ3) is 4.57. The Labute approximate surface area is 159 Å². The van der Waals surface area contributed by atoms with Crippen molar-refractivity contribution in [3.63, 3.8) is 0 Å². The van der Waals surface area contributed by atoms with Crippen LogP contribution in [-0.2, 0) is 4.74 Å². The van der Waals surface area contributed by atoms with Crippen molar-refractivity contribution in [3.05, 3.63) is 48.8 Å². The number of urea groups is 1. The number of carbonyl (C=O) groups is 1. The van der Waals surface area contributed by atoms with E-state index in [1.54, 1.807) is 12.4 Å². The van der Waals surface area contributed by atoms with E-state index in [-0.39, 0.29) is 6.03 Å². The van der Waals surface area contributed by atoms with Crippen molar-refractivity contribution < 1.29 is 14.3 Å². The van der Waals surface area contributed by atoms with Crippen LogP contribution >= 0.6 is 0 Å². The van der Waals surface area contributed by atoms with Crippen LogP contribution in [0.2, 0.25) is 0 Å². The fourth-order valence-corrected chi connectivity index (χ4v) is 3.57. The first-order valence-corrected chi connectivity index (χ1v) is 9.59. The zero-order valence-corrected chi connectivity index (χ0v) is 15.3. The summed E-state index contributed by atoms with van der Waals surface area (Å²) in [6, 6.07) is 11.0. The molecule has 1 saturated heterocycles. The lowest BCUT2D eigenvalue weighted by Gasteiger charge is -2.34. The van der Waals surface area contributed by atoms with E-state index >= 15 is 0 Å². The first-order chi connectivity index (χ1) is 13.3. The van der Waals surface area contributed by atoms with Gasteiger partial charge in [-0.25, -0.2) is 4.79 Å². The van der Waals surface area contributed by atoms with Crippen molar-refractivity contribution in [2.45, 2.75) is 19.3 Å². The number of carbonyl (C=O) groups excluding carboxylic acids is 1. The molecule has 6 nitrogen and oxygen atoms in total. The normalized spacial score (nSPS) is 20.4. The molecule has 1 aromatic heterocycles. The summed E-state index contributed by atoms with van der Waals surface area (Å²) < 4.78 is 11.5. The smallest absolute Gasteiger partial charge is 0.321 e. The average Bonchev–Trinajstić information content (AvgIpc) is 2.89. The summed E-state index contributed by atoms with van der Waals surface area (Å²) >= 11 is 0. The lowest BCUT2D eigenvalue weighted by Crippen LogP contribution is -2.41. The largest absolute Gasteiger partial charge is 0.456 e. The molecule has 2 fully saturated rings. The van der Waals surface area contributed by atoms with Gasteiger partial charge in [-0.15, -0.1) is 0 Å². The van der Waals surface area contributed by atoms with Crippen molar-refractivity contribution >= 4 is 11.7 Å². The van der Waals surface area contributed by atoms with Crippen LogP contribution in [0.25, 0.3) is 0 Å². The number of ether oxygens (including phenoxy) is 2. The second-order valence-electron chi connectivity index (χ2n) is 7.22. The Morgan fingerprint density at radius 1 is 1.15 bits per heavy atom. The molecule has 2 heterocycles. The second-order valence-corrected chi connectivity index (χ2v) is 7.22. The van der Waals surface area contributed by atoms with Gasteiger partial charge in [-0.1, -0.05) is 19.3 Å². The predicted octanol–water partition coefficient (Wildman–Crippen LogP) is 4.15. The minimum absolute atomic E-state index is 0.0641. The summed E-state index contributed by atoms with van der Waals surface area (Å²) in [5.74, 6) is 2.56. The summed E-state index contributed by atoms with van der Waals surface area (Å²) in [5.41, 5.74) is 0.754. The quantitative estimate of drug-likeness (QED) is 0.881. The van der Waals surface area contributed by atoms with Crippen LogP contribution in [0, 0.1) is 11.8 Å². The Bertz CT molecular complexity index is 747. The lowest BCUT2D eigenvalue weighted by atomic mass is 9.76. The van der Waals surface area contributed by atoms with Crippen molar-refractivity contribution in [1.29, 1.82) is 0 Å². The SMILES string of the molecule is O=C(Nc1ccc(Oc2cccnc2)cc1)N1CCOCC(C2CCC2)C1. The zero-order valence-electron chi connectivity index (χ0n) is 15.3. The number of nitrogens with one attached hydrogen (secondary N) is 1. The summed E-state index contributed by atoms with van der Waals surface area (Å²) in [6.07, 6.45) is 7.20. The van der Waals surface area contributed by atoms with E-state index in [1.807, 2.05) is 41.3 Å². The van der Waals surface area contributed by atoms with E-state index in [9.17, 15) is 4.79 Å². The van der Waals surface area contributed by atoms with Crippen LogP contribution in [0.15, 0.2) is 48.8 Å². The first-order valence-electron chi connectivity index (χ1n) is 9.59. The standard InChI is InChI=1S/C21H25N3O3/c25-21(24-11-12-26-15-17(14-24)16-3-1-4-16)23-18-6-8-19(9-7-18)27-20-5-2-10-22-13-20/h2,5-10,13,16-17H,1,3-4,11-12,14-15H2,(H,23,25). The lowest BCUT2D eigenvalue weighted by molar-refractivity contribution is 0.0776. The summed E-state index contributed by atoms with van der Waals surface area (Å²) in [4.78, 5) is 18.6. The van der Waals surface area contributed by atoms with Gasteiger partial charge in [-0.2, -0.15) is 0 Å². The Morgan fingerprint density at radius 3 is 2.70 bits per heavy atom. The highest BCUT2D eigenvalue weighted by atomic mass is 16.5. The van der Waals surface area contributed by atoms with Gasteiger partial charge < -0.3 is 19.7 Å². The Balaban J connectivity index is 1.34. The summed E-state index contributed by atoms with van der Waals surface area (Å²) in [5, 5.41) is 2.99. The maximum Gasteiger partial charge on any atom is 0.321 e. The number of benzene rings is 1. The van der Waals surface area contributed by atoms with Gasteiger partial charge in [-0.3, -0.25) is 4.98 Å². The van der Waals surface area contributed by atoms with Gasteiger partial charge in [-0.05, 0) is 42.3 Å². The highest BCUT2D eigenvalue weighted by Gasteiger charge is 2.31. The molecule has 0 bridgehead atoms. The molecule has 6 heteroatoms. The van der Waals surface area contributed by atoms with Crippen LogP contribution in [-0.4, -0.2) is 42.2 Å². The van der Waals surface area contributed by atoms with Gasteiger partial charge in [0.2, 0.25) is 0 Å². The number of amides is 2. The molecule has 1 saturated carbocycles. The molecule has 2 aliphatic rings. The molecule has 0 radical (unpaired) electrons. The molecule has 27 heavy (non-hydrogen) atoms. The highest BCUT2D eigenvalue weighted by molar-refractivity contribution is 5.89. The fraction of sp³-hybridized carbons (Fsp3) is 0.429. The van der Waals surface area contributed by atoms with Crippen molar-refractivity contribution in [2.24, 2.45) is 11.8 Å².